The molecule has 116 valence electrons. The maximum atomic E-state index is 12.7. The molecular weight excluding hydrogens is 280 g/mol. The van der Waals surface area contributed by atoms with Gasteiger partial charge in [0.05, 0.1) is 5.92 Å². The Morgan fingerprint density at radius 3 is 2.25 bits per heavy atom. The van der Waals surface area contributed by atoms with E-state index in [9.17, 15) is 13.2 Å². The van der Waals surface area contributed by atoms with Crippen LogP contribution in [0.4, 0.5) is 0 Å². The van der Waals surface area contributed by atoms with Crippen molar-refractivity contribution in [1.29, 1.82) is 0 Å². The van der Waals surface area contributed by atoms with Crippen LogP contribution >= 0.6 is 0 Å². The van der Waals surface area contributed by atoms with Crippen LogP contribution in [0.1, 0.15) is 45.4 Å². The van der Waals surface area contributed by atoms with Crippen LogP contribution in [0, 0.1) is 5.92 Å². The molecule has 2 rings (SSSR count). The second-order valence-corrected chi connectivity index (χ2v) is 7.73. The largest absolute Gasteiger partial charge is 0.481 e. The minimum absolute atomic E-state index is 0.106. The molecule has 0 spiro atoms. The molecule has 0 aliphatic carbocycles. The van der Waals surface area contributed by atoms with Crippen LogP contribution in [0.3, 0.4) is 0 Å². The third kappa shape index (κ3) is 3.32. The number of carboxylic acids is 1. The molecule has 2 saturated heterocycles. The predicted octanol–water partition coefficient (Wildman–Crippen LogP) is 1.29. The number of carboxylic acid groups (broad SMARTS) is 1. The molecule has 20 heavy (non-hydrogen) atoms. The van der Waals surface area contributed by atoms with E-state index < -0.39 is 22.1 Å². The highest BCUT2D eigenvalue weighted by Gasteiger charge is 2.39. The van der Waals surface area contributed by atoms with Crippen LogP contribution in [0.15, 0.2) is 0 Å². The number of carbonyl (C=O) groups is 1. The summed E-state index contributed by atoms with van der Waals surface area (Å²) in [6.07, 6.45) is 5.10. The molecule has 2 aliphatic heterocycles. The fraction of sp³-hybridized carbons (Fsp3) is 0.923. The maximum absolute atomic E-state index is 12.7. The van der Waals surface area contributed by atoms with E-state index in [-0.39, 0.29) is 12.6 Å². The molecule has 2 fully saturated rings. The van der Waals surface area contributed by atoms with Gasteiger partial charge < -0.3 is 5.11 Å². The van der Waals surface area contributed by atoms with Gasteiger partial charge >= 0.3 is 5.97 Å². The van der Waals surface area contributed by atoms with E-state index >= 15 is 0 Å². The van der Waals surface area contributed by atoms with Crippen molar-refractivity contribution in [2.45, 2.75) is 51.5 Å². The summed E-state index contributed by atoms with van der Waals surface area (Å²) in [4.78, 5) is 11.1. The Morgan fingerprint density at radius 1 is 1.10 bits per heavy atom. The van der Waals surface area contributed by atoms with E-state index in [2.05, 4.69) is 0 Å². The Hall–Kier alpha value is -0.660. The van der Waals surface area contributed by atoms with Crippen molar-refractivity contribution in [2.24, 2.45) is 5.92 Å². The SMILES string of the molecule is CC1CCC(C(=O)O)CN1S(=O)(=O)N1CCCCCC1. The molecule has 2 atom stereocenters. The second-order valence-electron chi connectivity index (χ2n) is 5.85. The van der Waals surface area contributed by atoms with Crippen LogP contribution in [-0.2, 0) is 15.0 Å². The van der Waals surface area contributed by atoms with E-state index in [4.69, 9.17) is 5.11 Å². The predicted molar refractivity (Wildman–Crippen MR) is 75.5 cm³/mol. The van der Waals surface area contributed by atoms with Crippen LogP contribution in [0.5, 0.6) is 0 Å². The highest BCUT2D eigenvalue weighted by molar-refractivity contribution is 7.86. The first-order chi connectivity index (χ1) is 9.43. The van der Waals surface area contributed by atoms with Gasteiger partial charge in [0.1, 0.15) is 0 Å². The molecule has 7 heteroatoms. The maximum Gasteiger partial charge on any atom is 0.307 e. The summed E-state index contributed by atoms with van der Waals surface area (Å²) >= 11 is 0. The summed E-state index contributed by atoms with van der Waals surface area (Å²) in [5.41, 5.74) is 0. The lowest BCUT2D eigenvalue weighted by Crippen LogP contribution is -2.53. The Labute approximate surface area is 120 Å². The Bertz CT molecular complexity index is 443. The first-order valence-electron chi connectivity index (χ1n) is 7.42. The van der Waals surface area contributed by atoms with Gasteiger partial charge in [0.25, 0.3) is 10.2 Å². The van der Waals surface area contributed by atoms with Gasteiger partial charge in [0.2, 0.25) is 0 Å². The average molecular weight is 304 g/mol. The van der Waals surface area contributed by atoms with E-state index in [1.807, 2.05) is 6.92 Å². The molecule has 1 N–H and O–H groups in total. The van der Waals surface area contributed by atoms with Gasteiger partial charge in [0, 0.05) is 25.7 Å². The van der Waals surface area contributed by atoms with Crippen LogP contribution in [0.2, 0.25) is 0 Å². The van der Waals surface area contributed by atoms with Crippen molar-refractivity contribution < 1.29 is 18.3 Å². The van der Waals surface area contributed by atoms with E-state index in [0.717, 1.165) is 25.7 Å². The summed E-state index contributed by atoms with van der Waals surface area (Å²) in [7, 11) is -3.52. The van der Waals surface area contributed by atoms with Crippen molar-refractivity contribution in [1.82, 2.24) is 8.61 Å². The second kappa shape index (κ2) is 6.41. The molecule has 0 saturated carbocycles. The third-order valence-corrected chi connectivity index (χ3v) is 6.48. The molecule has 0 bridgehead atoms. The molecule has 2 aliphatic rings. The average Bonchev–Trinajstić information content (AvgIpc) is 2.68. The lowest BCUT2D eigenvalue weighted by Gasteiger charge is -2.38. The quantitative estimate of drug-likeness (QED) is 0.852. The first kappa shape index (κ1) is 15.7. The fourth-order valence-corrected chi connectivity index (χ4v) is 4.96. The minimum atomic E-state index is -3.52. The summed E-state index contributed by atoms with van der Waals surface area (Å²) in [6.45, 7) is 3.09. The number of piperidine rings is 1. The van der Waals surface area contributed by atoms with Crippen molar-refractivity contribution in [3.63, 3.8) is 0 Å². The highest BCUT2D eigenvalue weighted by atomic mass is 32.2. The number of hydrogen-bond acceptors (Lipinski definition) is 3. The van der Waals surface area contributed by atoms with Gasteiger partial charge in [-0.3, -0.25) is 4.79 Å². The molecule has 2 heterocycles. The van der Waals surface area contributed by atoms with Crippen molar-refractivity contribution in [3.8, 4) is 0 Å². The Morgan fingerprint density at radius 2 is 1.70 bits per heavy atom. The smallest absolute Gasteiger partial charge is 0.307 e. The number of rotatable bonds is 3. The fourth-order valence-electron chi connectivity index (χ4n) is 3.02. The lowest BCUT2D eigenvalue weighted by atomic mass is 9.96. The number of aliphatic carboxylic acids is 1. The molecule has 0 radical (unpaired) electrons. The monoisotopic (exact) mass is 304 g/mol. The Kier molecular flexibility index (Phi) is 5.04. The summed E-state index contributed by atoms with van der Waals surface area (Å²) in [6, 6.07) is -0.112. The zero-order chi connectivity index (χ0) is 14.8. The van der Waals surface area contributed by atoms with Gasteiger partial charge in [-0.2, -0.15) is 17.0 Å². The van der Waals surface area contributed by atoms with Gasteiger partial charge in [-0.15, -0.1) is 0 Å². The molecular formula is C13H24N2O4S. The van der Waals surface area contributed by atoms with Crippen LogP contribution in [0.25, 0.3) is 0 Å². The van der Waals surface area contributed by atoms with Crippen LogP contribution < -0.4 is 0 Å². The van der Waals surface area contributed by atoms with E-state index in [0.29, 0.717) is 25.9 Å². The summed E-state index contributed by atoms with van der Waals surface area (Å²) in [5.74, 6) is -1.47. The van der Waals surface area contributed by atoms with Crippen molar-refractivity contribution in [3.05, 3.63) is 0 Å². The summed E-state index contributed by atoms with van der Waals surface area (Å²) < 4.78 is 28.4. The van der Waals surface area contributed by atoms with Crippen LogP contribution in [-0.4, -0.2) is 53.8 Å². The molecule has 6 nitrogen and oxygen atoms in total. The highest BCUT2D eigenvalue weighted by Crippen LogP contribution is 2.27. The third-order valence-electron chi connectivity index (χ3n) is 4.36. The van der Waals surface area contributed by atoms with E-state index in [1.165, 1.54) is 4.31 Å². The molecule has 0 aromatic heterocycles. The zero-order valence-corrected chi connectivity index (χ0v) is 12.8. The molecule has 0 aromatic rings. The normalized spacial score (nSPS) is 30.9. The van der Waals surface area contributed by atoms with Gasteiger partial charge in [-0.25, -0.2) is 0 Å². The molecule has 2 unspecified atom stereocenters. The number of hydrogen-bond donors (Lipinski definition) is 1. The standard InChI is InChI=1S/C13H24N2O4S/c1-11-6-7-12(13(16)17)10-15(11)20(18,19)14-8-4-2-3-5-9-14/h11-12H,2-10H2,1H3,(H,16,17). The van der Waals surface area contributed by atoms with Gasteiger partial charge in [-0.05, 0) is 32.6 Å². The van der Waals surface area contributed by atoms with Crippen molar-refractivity contribution >= 4 is 16.2 Å². The van der Waals surface area contributed by atoms with E-state index in [1.54, 1.807) is 4.31 Å². The van der Waals surface area contributed by atoms with Gasteiger partial charge in [-0.1, -0.05) is 12.8 Å². The zero-order valence-electron chi connectivity index (χ0n) is 12.0. The Balaban J connectivity index is 2.15. The number of nitrogens with zero attached hydrogens (tertiary/aromatic N) is 2. The lowest BCUT2D eigenvalue weighted by molar-refractivity contribution is -0.143. The first-order valence-corrected chi connectivity index (χ1v) is 8.82. The van der Waals surface area contributed by atoms with Crippen molar-refractivity contribution in [2.75, 3.05) is 19.6 Å². The van der Waals surface area contributed by atoms with Gasteiger partial charge in [0.15, 0.2) is 0 Å². The molecule has 0 aromatic carbocycles. The summed E-state index contributed by atoms with van der Waals surface area (Å²) in [5, 5.41) is 9.13. The topological polar surface area (TPSA) is 77.9 Å². The minimum Gasteiger partial charge on any atom is -0.481 e. The molecule has 0 amide bonds.